The van der Waals surface area contributed by atoms with E-state index in [0.29, 0.717) is 11.6 Å². The summed E-state index contributed by atoms with van der Waals surface area (Å²) in [4.78, 5) is 8.46. The number of nitrogens with one attached hydrogen (secondary N) is 3. The van der Waals surface area contributed by atoms with Gasteiger partial charge in [-0.1, -0.05) is 24.3 Å². The standard InChI is InChI=1S/C20H27N5O6S/c1-21-32(28,29)31-15-8-13(19(26)20(15)27)24-16-9-17(23-10-22-16)25-18-12-6-4-3-5-11(12)7-14(18)30-2/h3-6,9-10,13-15,18-21,26-27H,7-8H2,1-2H3,(H2,22,23,24,25)/t13-,14+,15-,18-,19+,20+/m1/s1. The highest BCUT2D eigenvalue weighted by Crippen LogP contribution is 2.35. The lowest BCUT2D eigenvalue weighted by molar-refractivity contribution is -0.00882. The number of aliphatic hydroxyl groups excluding tert-OH is 2. The largest absolute Gasteiger partial charge is 0.388 e. The number of rotatable bonds is 8. The number of aliphatic hydroxyl groups is 2. The molecule has 2 aromatic rings. The molecule has 6 atom stereocenters. The molecule has 0 saturated heterocycles. The van der Waals surface area contributed by atoms with Crippen molar-refractivity contribution in [2.75, 3.05) is 24.8 Å². The van der Waals surface area contributed by atoms with Gasteiger partial charge in [0.05, 0.1) is 18.2 Å². The van der Waals surface area contributed by atoms with E-state index >= 15 is 0 Å². The minimum absolute atomic E-state index is 0.0439. The Morgan fingerprint density at radius 3 is 2.50 bits per heavy atom. The molecule has 1 aromatic carbocycles. The van der Waals surface area contributed by atoms with Crippen LogP contribution in [0.5, 0.6) is 0 Å². The Labute approximate surface area is 186 Å². The van der Waals surface area contributed by atoms with E-state index < -0.39 is 34.7 Å². The van der Waals surface area contributed by atoms with Crippen LogP contribution in [0.3, 0.4) is 0 Å². The van der Waals surface area contributed by atoms with Crippen LogP contribution >= 0.6 is 0 Å². The van der Waals surface area contributed by atoms with Crippen molar-refractivity contribution in [2.24, 2.45) is 0 Å². The molecular formula is C20H27N5O6S. The molecule has 0 unspecified atom stereocenters. The Morgan fingerprint density at radius 1 is 1.06 bits per heavy atom. The average molecular weight is 466 g/mol. The molecule has 0 spiro atoms. The van der Waals surface area contributed by atoms with Crippen LogP contribution in [0.25, 0.3) is 0 Å². The monoisotopic (exact) mass is 465 g/mol. The van der Waals surface area contributed by atoms with E-state index in [4.69, 9.17) is 8.92 Å². The lowest BCUT2D eigenvalue weighted by atomic mass is 10.1. The molecule has 0 aliphatic heterocycles. The van der Waals surface area contributed by atoms with Gasteiger partial charge in [-0.15, -0.1) is 0 Å². The van der Waals surface area contributed by atoms with Gasteiger partial charge in [-0.2, -0.15) is 13.1 Å². The summed E-state index contributed by atoms with van der Waals surface area (Å²) >= 11 is 0. The lowest BCUT2D eigenvalue weighted by Crippen LogP contribution is -2.38. The van der Waals surface area contributed by atoms with Crippen molar-refractivity contribution in [1.29, 1.82) is 0 Å². The van der Waals surface area contributed by atoms with E-state index in [-0.39, 0.29) is 18.6 Å². The summed E-state index contributed by atoms with van der Waals surface area (Å²) < 4.78 is 35.9. The fraction of sp³-hybridized carbons (Fsp3) is 0.500. The highest BCUT2D eigenvalue weighted by Gasteiger charge is 2.44. The average Bonchev–Trinajstić information content (AvgIpc) is 3.26. The molecule has 174 valence electrons. The molecule has 0 bridgehead atoms. The number of hydrogen-bond acceptors (Lipinski definition) is 10. The second-order valence-electron chi connectivity index (χ2n) is 7.85. The second kappa shape index (κ2) is 9.25. The van der Waals surface area contributed by atoms with Crippen LogP contribution in [0.15, 0.2) is 36.7 Å². The zero-order valence-electron chi connectivity index (χ0n) is 17.7. The molecule has 1 aromatic heterocycles. The van der Waals surface area contributed by atoms with Crippen molar-refractivity contribution in [3.63, 3.8) is 0 Å². The van der Waals surface area contributed by atoms with Gasteiger partial charge in [0.25, 0.3) is 0 Å². The van der Waals surface area contributed by atoms with Gasteiger partial charge in [0, 0.05) is 33.1 Å². The summed E-state index contributed by atoms with van der Waals surface area (Å²) in [6, 6.07) is 9.06. The predicted octanol–water partition coefficient (Wildman–Crippen LogP) is -0.0437. The number of hydrogen-bond donors (Lipinski definition) is 5. The van der Waals surface area contributed by atoms with E-state index in [0.717, 1.165) is 12.0 Å². The molecule has 1 heterocycles. The molecule has 1 saturated carbocycles. The number of aromatic nitrogens is 2. The van der Waals surface area contributed by atoms with E-state index in [1.807, 2.05) is 16.9 Å². The molecule has 5 N–H and O–H groups in total. The molecular weight excluding hydrogens is 438 g/mol. The highest BCUT2D eigenvalue weighted by molar-refractivity contribution is 7.84. The highest BCUT2D eigenvalue weighted by atomic mass is 32.2. The van der Waals surface area contributed by atoms with E-state index in [9.17, 15) is 18.6 Å². The number of methoxy groups -OCH3 is 1. The maximum Gasteiger partial charge on any atom is 0.335 e. The number of benzene rings is 1. The summed E-state index contributed by atoms with van der Waals surface area (Å²) in [5.41, 5.74) is 2.36. The molecule has 0 amide bonds. The van der Waals surface area contributed by atoms with Gasteiger partial charge < -0.3 is 25.6 Å². The van der Waals surface area contributed by atoms with E-state index in [1.165, 1.54) is 18.9 Å². The van der Waals surface area contributed by atoms with Crippen molar-refractivity contribution >= 4 is 21.9 Å². The van der Waals surface area contributed by atoms with Gasteiger partial charge in [0.1, 0.15) is 36.3 Å². The number of fused-ring (bicyclic) bond motifs is 1. The minimum Gasteiger partial charge on any atom is -0.388 e. The lowest BCUT2D eigenvalue weighted by Gasteiger charge is -2.22. The summed E-state index contributed by atoms with van der Waals surface area (Å²) in [6.45, 7) is 0. The molecule has 11 nitrogen and oxygen atoms in total. The summed E-state index contributed by atoms with van der Waals surface area (Å²) in [7, 11) is -1.12. The SMILES string of the molecule is CNS(=O)(=O)O[C@@H]1C[C@@H](Nc2cc(N[C@@H]3c4ccccc4C[C@@H]3OC)ncn2)[C@H](O)[C@H]1O. The summed E-state index contributed by atoms with van der Waals surface area (Å²) in [6.07, 6.45) is -1.49. The molecule has 0 radical (unpaired) electrons. The van der Waals surface area contributed by atoms with Crippen LogP contribution in [0, 0.1) is 0 Å². The van der Waals surface area contributed by atoms with Gasteiger partial charge >= 0.3 is 10.3 Å². The fourth-order valence-corrected chi connectivity index (χ4v) is 4.87. The van der Waals surface area contributed by atoms with Gasteiger partial charge in [-0.05, 0) is 11.1 Å². The van der Waals surface area contributed by atoms with Crippen molar-refractivity contribution in [3.8, 4) is 0 Å². The van der Waals surface area contributed by atoms with Crippen molar-refractivity contribution in [3.05, 3.63) is 47.8 Å². The fourth-order valence-electron chi connectivity index (χ4n) is 4.25. The third-order valence-corrected chi connectivity index (χ3v) is 6.92. The van der Waals surface area contributed by atoms with Gasteiger partial charge in [-0.3, -0.25) is 4.18 Å². The van der Waals surface area contributed by atoms with Crippen LogP contribution in [0.4, 0.5) is 11.6 Å². The molecule has 2 aliphatic carbocycles. The first kappa shape index (κ1) is 22.8. The van der Waals surface area contributed by atoms with Gasteiger partial charge in [-0.25, -0.2) is 9.97 Å². The Hall–Kier alpha value is -2.35. The number of ether oxygens (including phenoxy) is 1. The first-order valence-electron chi connectivity index (χ1n) is 10.2. The van der Waals surface area contributed by atoms with Crippen LogP contribution in [-0.2, 0) is 25.6 Å². The topological polar surface area (TPSA) is 155 Å². The van der Waals surface area contributed by atoms with Crippen LogP contribution in [0.2, 0.25) is 0 Å². The van der Waals surface area contributed by atoms with Gasteiger partial charge in [0.2, 0.25) is 0 Å². The quantitative estimate of drug-likeness (QED) is 0.358. The first-order valence-corrected chi connectivity index (χ1v) is 11.7. The minimum atomic E-state index is -4.00. The van der Waals surface area contributed by atoms with Crippen LogP contribution in [0.1, 0.15) is 23.6 Å². The number of anilines is 2. The van der Waals surface area contributed by atoms with E-state index in [2.05, 4.69) is 32.7 Å². The smallest absolute Gasteiger partial charge is 0.335 e. The van der Waals surface area contributed by atoms with Crippen molar-refractivity contribution in [2.45, 2.75) is 49.3 Å². The third-order valence-electron chi connectivity index (χ3n) is 5.92. The van der Waals surface area contributed by atoms with Gasteiger partial charge in [0.15, 0.2) is 0 Å². The zero-order chi connectivity index (χ0) is 22.9. The Kier molecular flexibility index (Phi) is 6.60. The number of nitrogens with zero attached hydrogens (tertiary/aromatic N) is 2. The van der Waals surface area contributed by atoms with E-state index in [1.54, 1.807) is 13.2 Å². The molecule has 1 fully saturated rings. The second-order valence-corrected chi connectivity index (χ2v) is 9.36. The molecule has 32 heavy (non-hydrogen) atoms. The summed E-state index contributed by atoms with van der Waals surface area (Å²) in [5, 5.41) is 27.0. The van der Waals surface area contributed by atoms with Crippen LogP contribution in [-0.4, -0.2) is 73.2 Å². The van der Waals surface area contributed by atoms with Crippen molar-refractivity contribution in [1.82, 2.24) is 14.7 Å². The Balaban J connectivity index is 1.46. The maximum absolute atomic E-state index is 11.6. The Morgan fingerprint density at radius 2 is 1.78 bits per heavy atom. The molecule has 2 aliphatic rings. The molecule has 4 rings (SSSR count). The van der Waals surface area contributed by atoms with Crippen molar-refractivity contribution < 1.29 is 27.6 Å². The Bertz CT molecular complexity index is 1050. The molecule has 12 heteroatoms. The van der Waals surface area contributed by atoms with Crippen LogP contribution < -0.4 is 15.4 Å². The predicted molar refractivity (Wildman–Crippen MR) is 116 cm³/mol. The maximum atomic E-state index is 11.6. The normalized spacial score (nSPS) is 29.6. The zero-order valence-corrected chi connectivity index (χ0v) is 18.5. The first-order chi connectivity index (χ1) is 15.3. The summed E-state index contributed by atoms with van der Waals surface area (Å²) in [5.74, 6) is 0.973. The third kappa shape index (κ3) is 4.70.